The number of halogens is 1. The first kappa shape index (κ1) is 12.5. The number of rotatable bonds is 3. The fraction of sp³-hybridized carbons (Fsp3) is 0.600. The molecule has 0 spiro atoms. The molecule has 6 nitrogen and oxygen atoms in total. The van der Waals surface area contributed by atoms with Crippen molar-refractivity contribution in [1.82, 2.24) is 9.97 Å². The smallest absolute Gasteiger partial charge is 0.239 e. The van der Waals surface area contributed by atoms with Crippen LogP contribution in [0.5, 0.6) is 0 Å². The largest absolute Gasteiger partial charge is 0.392 e. The molecule has 1 aliphatic rings. The fourth-order valence-corrected chi connectivity index (χ4v) is 2.16. The van der Waals surface area contributed by atoms with Gasteiger partial charge in [0.25, 0.3) is 0 Å². The minimum absolute atomic E-state index is 0.152. The molecule has 1 heterocycles. The van der Waals surface area contributed by atoms with E-state index < -0.39 is 0 Å². The van der Waals surface area contributed by atoms with Gasteiger partial charge in [-0.25, -0.2) is 10.8 Å². The molecule has 1 aromatic heterocycles. The van der Waals surface area contributed by atoms with Crippen LogP contribution in [0.1, 0.15) is 20.3 Å². The average molecular weight is 302 g/mol. The summed E-state index contributed by atoms with van der Waals surface area (Å²) in [5.41, 5.74) is 2.25. The number of nitrogens with two attached hydrogens (primary N) is 1. The Balaban J connectivity index is 2.14. The lowest BCUT2D eigenvalue weighted by molar-refractivity contribution is -0.0511. The van der Waals surface area contributed by atoms with Crippen LogP contribution in [-0.2, 0) is 0 Å². The lowest BCUT2D eigenvalue weighted by Crippen LogP contribution is -2.57. The number of hydrogen-bond donors (Lipinski definition) is 4. The predicted molar refractivity (Wildman–Crippen MR) is 69.4 cm³/mol. The Bertz CT molecular complexity index is 425. The first-order chi connectivity index (χ1) is 7.95. The van der Waals surface area contributed by atoms with E-state index in [-0.39, 0.29) is 17.6 Å². The molecular weight excluding hydrogens is 286 g/mol. The van der Waals surface area contributed by atoms with Gasteiger partial charge >= 0.3 is 0 Å². The van der Waals surface area contributed by atoms with Gasteiger partial charge < -0.3 is 10.4 Å². The molecule has 1 aliphatic carbocycles. The number of hydrogen-bond acceptors (Lipinski definition) is 6. The number of aromatic nitrogens is 2. The van der Waals surface area contributed by atoms with Crippen molar-refractivity contribution < 1.29 is 5.11 Å². The van der Waals surface area contributed by atoms with E-state index in [9.17, 15) is 5.11 Å². The molecule has 2 unspecified atom stereocenters. The molecule has 94 valence electrons. The minimum atomic E-state index is -0.271. The predicted octanol–water partition coefficient (Wildman–Crippen LogP) is 1.10. The van der Waals surface area contributed by atoms with Gasteiger partial charge in [0.2, 0.25) is 5.95 Å². The molecule has 2 atom stereocenters. The van der Waals surface area contributed by atoms with Crippen LogP contribution in [0.3, 0.4) is 0 Å². The van der Waals surface area contributed by atoms with Gasteiger partial charge in [-0.15, -0.1) is 0 Å². The van der Waals surface area contributed by atoms with Crippen LogP contribution in [0.4, 0.5) is 11.8 Å². The molecule has 0 aliphatic heterocycles. The standard InChI is InChI=1S/C10H16BrN5O/c1-10(2)6(3-7(10)17)14-8-5(11)4-13-9(15-8)16-12/h4,6-7,17H,3,12H2,1-2H3,(H2,13,14,15,16). The maximum atomic E-state index is 9.68. The molecule has 1 fully saturated rings. The number of nitrogen functional groups attached to an aromatic ring is 1. The summed E-state index contributed by atoms with van der Waals surface area (Å²) in [5.74, 6) is 6.30. The maximum absolute atomic E-state index is 9.68. The van der Waals surface area contributed by atoms with Crippen molar-refractivity contribution in [1.29, 1.82) is 0 Å². The van der Waals surface area contributed by atoms with Crippen molar-refractivity contribution >= 4 is 27.7 Å². The summed E-state index contributed by atoms with van der Waals surface area (Å²) in [4.78, 5) is 8.19. The summed E-state index contributed by atoms with van der Waals surface area (Å²) in [6, 6.07) is 0.189. The fourth-order valence-electron chi connectivity index (χ4n) is 1.85. The number of nitrogens with one attached hydrogen (secondary N) is 2. The van der Waals surface area contributed by atoms with Crippen molar-refractivity contribution in [2.24, 2.45) is 11.3 Å². The zero-order valence-corrected chi connectivity index (χ0v) is 11.3. The van der Waals surface area contributed by atoms with E-state index in [2.05, 4.69) is 36.6 Å². The first-order valence-electron chi connectivity index (χ1n) is 5.39. The van der Waals surface area contributed by atoms with Crippen molar-refractivity contribution in [3.63, 3.8) is 0 Å². The third-order valence-corrected chi connectivity index (χ3v) is 3.98. The second-order valence-electron chi connectivity index (χ2n) is 4.80. The second kappa shape index (κ2) is 4.40. The van der Waals surface area contributed by atoms with Gasteiger partial charge in [0.1, 0.15) is 5.82 Å². The van der Waals surface area contributed by atoms with E-state index >= 15 is 0 Å². The third kappa shape index (κ3) is 2.22. The average Bonchev–Trinajstić information content (AvgIpc) is 2.31. The van der Waals surface area contributed by atoms with E-state index in [1.165, 1.54) is 0 Å². The van der Waals surface area contributed by atoms with Crippen molar-refractivity contribution in [2.75, 3.05) is 10.7 Å². The van der Waals surface area contributed by atoms with Crippen LogP contribution in [0, 0.1) is 5.41 Å². The van der Waals surface area contributed by atoms with Crippen LogP contribution >= 0.6 is 15.9 Å². The van der Waals surface area contributed by atoms with Crippen LogP contribution in [0.2, 0.25) is 0 Å². The maximum Gasteiger partial charge on any atom is 0.239 e. The third-order valence-electron chi connectivity index (χ3n) is 3.40. The zero-order valence-electron chi connectivity index (χ0n) is 9.74. The Hall–Kier alpha value is -0.920. The van der Waals surface area contributed by atoms with Gasteiger partial charge in [-0.1, -0.05) is 13.8 Å². The molecule has 17 heavy (non-hydrogen) atoms. The highest BCUT2D eigenvalue weighted by Crippen LogP contribution is 2.42. The Morgan fingerprint density at radius 2 is 2.29 bits per heavy atom. The highest BCUT2D eigenvalue weighted by Gasteiger charge is 2.47. The van der Waals surface area contributed by atoms with Gasteiger partial charge in [-0.2, -0.15) is 4.98 Å². The van der Waals surface area contributed by atoms with Crippen molar-refractivity contribution in [3.8, 4) is 0 Å². The number of nitrogens with zero attached hydrogens (tertiary/aromatic N) is 2. The van der Waals surface area contributed by atoms with E-state index in [1.54, 1.807) is 6.20 Å². The van der Waals surface area contributed by atoms with Crippen LogP contribution in [0.25, 0.3) is 0 Å². The normalized spacial score (nSPS) is 26.2. The van der Waals surface area contributed by atoms with Gasteiger partial charge in [-0.3, -0.25) is 5.43 Å². The molecule has 0 bridgehead atoms. The second-order valence-corrected chi connectivity index (χ2v) is 5.66. The van der Waals surface area contributed by atoms with Crippen molar-refractivity contribution in [2.45, 2.75) is 32.4 Å². The summed E-state index contributed by atoms with van der Waals surface area (Å²) < 4.78 is 0.772. The summed E-state index contributed by atoms with van der Waals surface area (Å²) >= 11 is 3.38. The molecule has 0 aromatic carbocycles. The molecule has 1 saturated carbocycles. The molecule has 5 N–H and O–H groups in total. The quantitative estimate of drug-likeness (QED) is 0.493. The highest BCUT2D eigenvalue weighted by molar-refractivity contribution is 9.10. The minimum Gasteiger partial charge on any atom is -0.392 e. The lowest BCUT2D eigenvalue weighted by Gasteiger charge is -2.49. The van der Waals surface area contributed by atoms with E-state index in [4.69, 9.17) is 5.84 Å². The number of aliphatic hydroxyl groups excluding tert-OH is 1. The molecule has 0 radical (unpaired) electrons. The van der Waals surface area contributed by atoms with Gasteiger partial charge in [0.05, 0.1) is 10.6 Å². The highest BCUT2D eigenvalue weighted by atomic mass is 79.9. The summed E-state index contributed by atoms with van der Waals surface area (Å²) in [6.45, 7) is 4.05. The van der Waals surface area contributed by atoms with Crippen LogP contribution in [-0.4, -0.2) is 27.2 Å². The van der Waals surface area contributed by atoms with Crippen LogP contribution in [0.15, 0.2) is 10.7 Å². The van der Waals surface area contributed by atoms with E-state index in [0.717, 1.165) is 10.9 Å². The number of anilines is 2. The molecule has 0 saturated heterocycles. The number of aliphatic hydroxyl groups is 1. The van der Waals surface area contributed by atoms with Gasteiger partial charge in [-0.05, 0) is 22.4 Å². The Labute approximate surface area is 108 Å². The molecular formula is C10H16BrN5O. The van der Waals surface area contributed by atoms with E-state index in [0.29, 0.717) is 11.8 Å². The van der Waals surface area contributed by atoms with Crippen molar-refractivity contribution in [3.05, 3.63) is 10.7 Å². The Kier molecular flexibility index (Phi) is 3.24. The Morgan fingerprint density at radius 1 is 1.59 bits per heavy atom. The topological polar surface area (TPSA) is 96.1 Å². The molecule has 0 amide bonds. The first-order valence-corrected chi connectivity index (χ1v) is 6.18. The molecule has 2 rings (SSSR count). The summed E-state index contributed by atoms with van der Waals surface area (Å²) in [7, 11) is 0. The number of hydrazine groups is 1. The zero-order chi connectivity index (χ0) is 12.6. The summed E-state index contributed by atoms with van der Waals surface area (Å²) in [5, 5.41) is 13.0. The van der Waals surface area contributed by atoms with Crippen LogP contribution < -0.4 is 16.6 Å². The van der Waals surface area contributed by atoms with Gasteiger partial charge in [0, 0.05) is 17.7 Å². The summed E-state index contributed by atoms with van der Waals surface area (Å²) in [6.07, 6.45) is 2.08. The van der Waals surface area contributed by atoms with E-state index in [1.807, 2.05) is 13.8 Å². The SMILES string of the molecule is CC1(C)C(O)CC1Nc1nc(NN)ncc1Br. The monoisotopic (exact) mass is 301 g/mol. The lowest BCUT2D eigenvalue weighted by atomic mass is 9.64. The molecule has 7 heteroatoms. The van der Waals surface area contributed by atoms with Gasteiger partial charge in [0.15, 0.2) is 0 Å². The molecule has 1 aromatic rings. The Morgan fingerprint density at radius 3 is 2.82 bits per heavy atom.